The van der Waals surface area contributed by atoms with Gasteiger partial charge in [-0.05, 0) is 0 Å². The molecule has 1 rings (SSSR count). The molecule has 72 valence electrons. The van der Waals surface area contributed by atoms with Crippen LogP contribution in [0.2, 0.25) is 0 Å². The molecule has 0 aliphatic carbocycles. The molecule has 0 aliphatic heterocycles. The Labute approximate surface area is 150 Å². The molecule has 1 aromatic rings. The van der Waals surface area contributed by atoms with Gasteiger partial charge in [-0.1, -0.05) is 13.2 Å². The van der Waals surface area contributed by atoms with E-state index in [9.17, 15) is 4.79 Å². The van der Waals surface area contributed by atoms with Crippen molar-refractivity contribution in [3.8, 4) is 0 Å². The van der Waals surface area contributed by atoms with Crippen molar-refractivity contribution in [1.29, 1.82) is 0 Å². The average molecular weight is 581 g/mol. The van der Waals surface area contributed by atoms with Gasteiger partial charge in [0, 0.05) is 72.3 Å². The summed E-state index contributed by atoms with van der Waals surface area (Å²) in [5.74, 6) is 0. The van der Waals surface area contributed by atoms with Crippen LogP contribution in [0.5, 0.6) is 0 Å². The van der Waals surface area contributed by atoms with E-state index in [2.05, 4.69) is 34.7 Å². The van der Waals surface area contributed by atoms with Crippen LogP contribution in [0.25, 0.3) is 0 Å². The van der Waals surface area contributed by atoms with Gasteiger partial charge >= 0.3 is 0 Å². The molecule has 0 saturated carbocycles. The molecule has 0 unspecified atom stereocenters. The van der Waals surface area contributed by atoms with E-state index in [1.54, 1.807) is 0 Å². The maximum Gasteiger partial charge on any atom is 0 e. The van der Waals surface area contributed by atoms with Gasteiger partial charge in [0.2, 0.25) is 0 Å². The second kappa shape index (κ2) is 10.2. The van der Waals surface area contributed by atoms with Crippen LogP contribution < -0.4 is 0 Å². The third kappa shape index (κ3) is 5.91. The minimum atomic E-state index is 0. The second-order valence-electron chi connectivity index (χ2n) is 2.29. The van der Waals surface area contributed by atoms with Crippen molar-refractivity contribution in [3.05, 3.63) is 32.4 Å². The molecule has 0 N–H and O–H groups in total. The first-order valence-electron chi connectivity index (χ1n) is 3.14. The molecule has 0 aromatic heterocycles. The Hall–Kier alpha value is 2.00. The van der Waals surface area contributed by atoms with Crippen LogP contribution >= 0.6 is 22.6 Å². The van der Waals surface area contributed by atoms with Crippen LogP contribution in [-0.2, 0) is 77.1 Å². The van der Waals surface area contributed by atoms with Crippen molar-refractivity contribution >= 4 is 28.9 Å². The van der Waals surface area contributed by atoms with Crippen LogP contribution in [0.15, 0.2) is 0 Å². The van der Waals surface area contributed by atoms with Crippen molar-refractivity contribution in [2.45, 2.75) is 13.8 Å². The SMILES string of the molecule is Cc1[c-]c(C)c([C-]=O)c(I)[c-]1.[V].[W].[Y]. The van der Waals surface area contributed by atoms with Gasteiger partial charge in [-0.15, -0.1) is 6.92 Å². The van der Waals surface area contributed by atoms with Crippen molar-refractivity contribution in [2.24, 2.45) is 0 Å². The minimum Gasteiger partial charge on any atom is -0.422 e. The molecule has 5 heteroatoms. The van der Waals surface area contributed by atoms with Gasteiger partial charge in [0.05, 0.1) is 0 Å². The summed E-state index contributed by atoms with van der Waals surface area (Å²) in [6.45, 7) is 3.76. The van der Waals surface area contributed by atoms with Crippen molar-refractivity contribution in [1.82, 2.24) is 0 Å². The van der Waals surface area contributed by atoms with Gasteiger partial charge in [-0.25, -0.2) is 0 Å². The topological polar surface area (TPSA) is 17.1 Å². The first-order valence-corrected chi connectivity index (χ1v) is 4.22. The maximum atomic E-state index is 10.4. The van der Waals surface area contributed by atoms with Gasteiger partial charge < -0.3 is 37.2 Å². The van der Waals surface area contributed by atoms with Gasteiger partial charge in [0.15, 0.2) is 0 Å². The summed E-state index contributed by atoms with van der Waals surface area (Å²) in [6, 6.07) is 6.01. The summed E-state index contributed by atoms with van der Waals surface area (Å²) in [6.07, 6.45) is 1.87. The van der Waals surface area contributed by atoms with Crippen molar-refractivity contribution in [3.63, 3.8) is 0 Å². The Balaban J connectivity index is -0.000000403. The predicted molar refractivity (Wildman–Crippen MR) is 51.1 cm³/mol. The number of halogens is 1. The fourth-order valence-corrected chi connectivity index (χ4v) is 1.81. The second-order valence-corrected chi connectivity index (χ2v) is 3.37. The largest absolute Gasteiger partial charge is 0.422 e. The van der Waals surface area contributed by atoms with Crippen molar-refractivity contribution in [2.75, 3.05) is 0 Å². The van der Waals surface area contributed by atoms with E-state index in [0.29, 0.717) is 5.56 Å². The normalized spacial score (nSPS) is 7.64. The summed E-state index contributed by atoms with van der Waals surface area (Å²) in [7, 11) is 0. The summed E-state index contributed by atoms with van der Waals surface area (Å²) in [5.41, 5.74) is 2.36. The number of hydrogen-bond acceptors (Lipinski definition) is 1. The summed E-state index contributed by atoms with van der Waals surface area (Å²) >= 11 is 2.07. The summed E-state index contributed by atoms with van der Waals surface area (Å²) < 4.78 is 0.825. The summed E-state index contributed by atoms with van der Waals surface area (Å²) in [4.78, 5) is 10.4. The zero-order valence-electron chi connectivity index (χ0n) is 7.72. The molecule has 1 aromatic carbocycles. The Morgan fingerprint density at radius 3 is 2.14 bits per heavy atom. The van der Waals surface area contributed by atoms with Crippen LogP contribution in [0.4, 0.5) is 0 Å². The van der Waals surface area contributed by atoms with E-state index in [0.717, 1.165) is 14.7 Å². The van der Waals surface area contributed by atoms with E-state index in [4.69, 9.17) is 0 Å². The standard InChI is InChI=1S/C9H6IO.V.W.Y/c1-6-3-7(2)8(5-11)9(10)4-6;;;/h1-2H3;;;/q-3;;;. The Morgan fingerprint density at radius 1 is 1.29 bits per heavy atom. The fraction of sp³-hybridized carbons (Fsp3) is 0.222. The number of carbonyl (C=O) groups excluding carboxylic acids is 1. The molecule has 2 radical (unpaired) electrons. The minimum absolute atomic E-state index is 0. The Kier molecular flexibility index (Phi) is 15.5. The maximum absolute atomic E-state index is 10.4. The predicted octanol–water partition coefficient (Wildman–Crippen LogP) is 1.96. The molecule has 0 aliphatic rings. The van der Waals surface area contributed by atoms with Gasteiger partial charge in [0.1, 0.15) is 0 Å². The van der Waals surface area contributed by atoms with Crippen LogP contribution in [0, 0.1) is 29.6 Å². The molecule has 0 heterocycles. The van der Waals surface area contributed by atoms with Crippen LogP contribution in [-0.4, -0.2) is 6.29 Å². The van der Waals surface area contributed by atoms with Gasteiger partial charge in [0.25, 0.3) is 0 Å². The zero-order valence-corrected chi connectivity index (χ0v) is 17.0. The first-order chi connectivity index (χ1) is 5.15. The zero-order chi connectivity index (χ0) is 8.43. The molecule has 1 nitrogen and oxygen atoms in total. The Morgan fingerprint density at radius 2 is 1.79 bits per heavy atom. The fourth-order valence-electron chi connectivity index (χ4n) is 0.888. The molecule has 0 spiro atoms. The third-order valence-corrected chi connectivity index (χ3v) is 2.18. The number of rotatable bonds is 1. The molecule has 0 bridgehead atoms. The van der Waals surface area contributed by atoms with E-state index in [1.165, 1.54) is 0 Å². The number of benzene rings is 1. The van der Waals surface area contributed by atoms with Crippen molar-refractivity contribution < 1.29 is 77.1 Å². The molecule has 14 heavy (non-hydrogen) atoms. The quantitative estimate of drug-likeness (QED) is 0.367. The smallest absolute Gasteiger partial charge is 0 e. The van der Waals surface area contributed by atoms with Crippen LogP contribution in [0.3, 0.4) is 0 Å². The number of hydrogen-bond donors (Lipinski definition) is 0. The first kappa shape index (κ1) is 21.3. The van der Waals surface area contributed by atoms with Crippen LogP contribution in [0.1, 0.15) is 16.7 Å². The molecule has 0 fully saturated rings. The third-order valence-electron chi connectivity index (χ3n) is 1.37. The Bertz CT molecular complexity index is 284. The van der Waals surface area contributed by atoms with E-state index >= 15 is 0 Å². The summed E-state index contributed by atoms with van der Waals surface area (Å²) in [5, 5.41) is 0. The number of aryl methyl sites for hydroxylation is 2. The van der Waals surface area contributed by atoms with E-state index in [-0.39, 0.29) is 72.3 Å². The monoisotopic (exact) mass is 581 g/mol. The molecular weight excluding hydrogens is 575 g/mol. The molecule has 0 amide bonds. The molecule has 0 atom stereocenters. The van der Waals surface area contributed by atoms with E-state index in [1.807, 2.05) is 20.1 Å². The van der Waals surface area contributed by atoms with E-state index < -0.39 is 0 Å². The van der Waals surface area contributed by atoms with Gasteiger partial charge in [-0.2, -0.15) is 22.6 Å². The molecule has 0 saturated heterocycles. The average Bonchev–Trinajstić information content (AvgIpc) is 1.85. The van der Waals surface area contributed by atoms with Gasteiger partial charge in [-0.3, -0.25) is 0 Å². The molecular formula is C9H6IOVWY-3.